The highest BCUT2D eigenvalue weighted by atomic mass is 16.3. The molecule has 0 unspecified atom stereocenters. The number of aryl methyl sites for hydroxylation is 4. The van der Waals surface area contributed by atoms with Gasteiger partial charge >= 0.3 is 0 Å². The molecule has 0 spiro atoms. The van der Waals surface area contributed by atoms with E-state index in [9.17, 15) is 9.90 Å². The van der Waals surface area contributed by atoms with Crippen LogP contribution in [0.3, 0.4) is 0 Å². The maximum absolute atomic E-state index is 12.7. The third-order valence-corrected chi connectivity index (χ3v) is 6.31. The van der Waals surface area contributed by atoms with E-state index in [4.69, 9.17) is 0 Å². The molecule has 0 saturated carbocycles. The molecular weight excluding hydrogens is 362 g/mol. The summed E-state index contributed by atoms with van der Waals surface area (Å²) in [7, 11) is 0. The number of hydrogen-bond acceptors (Lipinski definition) is 3. The van der Waals surface area contributed by atoms with Gasteiger partial charge in [0.25, 0.3) is 0 Å². The van der Waals surface area contributed by atoms with Gasteiger partial charge in [-0.15, -0.1) is 0 Å². The summed E-state index contributed by atoms with van der Waals surface area (Å²) in [6.07, 6.45) is 2.18. The Morgan fingerprint density at radius 2 is 1.79 bits per heavy atom. The molecule has 1 aliphatic rings. The molecule has 3 aromatic rings. The number of imidazole rings is 1. The first kappa shape index (κ1) is 19.6. The fraction of sp³-hybridized carbons (Fsp3) is 0.417. The van der Waals surface area contributed by atoms with Crippen molar-refractivity contribution in [2.24, 2.45) is 0 Å². The minimum Gasteiger partial charge on any atom is -0.385 e. The first-order chi connectivity index (χ1) is 13.9. The third-order valence-electron chi connectivity index (χ3n) is 6.31. The van der Waals surface area contributed by atoms with Crippen molar-refractivity contribution >= 4 is 16.9 Å². The molecule has 2 aromatic carbocycles. The molecule has 152 valence electrons. The smallest absolute Gasteiger partial charge is 0.223 e. The summed E-state index contributed by atoms with van der Waals surface area (Å²) in [5.74, 6) is 0.983. The number of H-pyrrole nitrogens is 1. The molecule has 1 saturated heterocycles. The van der Waals surface area contributed by atoms with E-state index >= 15 is 0 Å². The van der Waals surface area contributed by atoms with E-state index in [-0.39, 0.29) is 5.91 Å². The summed E-state index contributed by atoms with van der Waals surface area (Å²) in [6, 6.07) is 12.2. The van der Waals surface area contributed by atoms with Crippen LogP contribution in [0, 0.1) is 20.8 Å². The Morgan fingerprint density at radius 1 is 1.10 bits per heavy atom. The molecule has 5 nitrogen and oxygen atoms in total. The fourth-order valence-corrected chi connectivity index (χ4v) is 4.31. The molecule has 5 heteroatoms. The summed E-state index contributed by atoms with van der Waals surface area (Å²) in [4.78, 5) is 22.6. The molecule has 0 atom stereocenters. The Balaban J connectivity index is 1.36. The van der Waals surface area contributed by atoms with E-state index in [0.29, 0.717) is 38.8 Å². The van der Waals surface area contributed by atoms with Crippen LogP contribution in [0.2, 0.25) is 0 Å². The van der Waals surface area contributed by atoms with Gasteiger partial charge in [-0.3, -0.25) is 4.79 Å². The van der Waals surface area contributed by atoms with Gasteiger partial charge in [-0.05, 0) is 68.0 Å². The van der Waals surface area contributed by atoms with E-state index in [2.05, 4.69) is 35.9 Å². The van der Waals surface area contributed by atoms with Gasteiger partial charge in [0.1, 0.15) is 5.82 Å². The lowest BCUT2D eigenvalue weighted by molar-refractivity contribution is -0.135. The maximum atomic E-state index is 12.7. The molecule has 1 aromatic heterocycles. The molecule has 1 amide bonds. The van der Waals surface area contributed by atoms with Crippen molar-refractivity contribution in [3.63, 3.8) is 0 Å². The van der Waals surface area contributed by atoms with Crippen LogP contribution in [0.15, 0.2) is 36.4 Å². The van der Waals surface area contributed by atoms with Gasteiger partial charge in [0, 0.05) is 25.9 Å². The molecule has 1 fully saturated rings. The number of rotatable bonds is 4. The van der Waals surface area contributed by atoms with Gasteiger partial charge in [-0.1, -0.05) is 24.3 Å². The molecule has 4 rings (SSSR count). The Morgan fingerprint density at radius 3 is 2.52 bits per heavy atom. The Kier molecular flexibility index (Phi) is 5.17. The second-order valence-corrected chi connectivity index (χ2v) is 8.36. The average molecular weight is 392 g/mol. The van der Waals surface area contributed by atoms with Crippen molar-refractivity contribution in [2.75, 3.05) is 13.1 Å². The van der Waals surface area contributed by atoms with Crippen LogP contribution >= 0.6 is 0 Å². The van der Waals surface area contributed by atoms with Crippen molar-refractivity contribution in [1.29, 1.82) is 0 Å². The van der Waals surface area contributed by atoms with Gasteiger partial charge in [-0.2, -0.15) is 0 Å². The molecule has 1 aliphatic heterocycles. The van der Waals surface area contributed by atoms with Crippen molar-refractivity contribution in [3.05, 3.63) is 64.5 Å². The number of amides is 1. The van der Waals surface area contributed by atoms with Crippen molar-refractivity contribution in [3.8, 4) is 0 Å². The van der Waals surface area contributed by atoms with E-state index in [0.717, 1.165) is 28.0 Å². The number of nitrogens with one attached hydrogen (secondary N) is 1. The highest BCUT2D eigenvalue weighted by Gasteiger charge is 2.36. The first-order valence-electron chi connectivity index (χ1n) is 10.4. The highest BCUT2D eigenvalue weighted by Crippen LogP contribution is 2.34. The van der Waals surface area contributed by atoms with Crippen LogP contribution < -0.4 is 0 Å². The van der Waals surface area contributed by atoms with Gasteiger partial charge in [-0.25, -0.2) is 4.98 Å². The minimum absolute atomic E-state index is 0.129. The topological polar surface area (TPSA) is 69.2 Å². The Hall–Kier alpha value is -2.66. The summed E-state index contributed by atoms with van der Waals surface area (Å²) in [5, 5.41) is 11.1. The fourth-order valence-electron chi connectivity index (χ4n) is 4.31. The van der Waals surface area contributed by atoms with E-state index < -0.39 is 5.60 Å². The Bertz CT molecular complexity index is 1010. The molecular formula is C24H29N3O2. The van der Waals surface area contributed by atoms with Gasteiger partial charge < -0.3 is 15.0 Å². The van der Waals surface area contributed by atoms with Crippen LogP contribution in [0.4, 0.5) is 0 Å². The first-order valence-corrected chi connectivity index (χ1v) is 10.4. The van der Waals surface area contributed by atoms with E-state index in [1.807, 2.05) is 36.1 Å². The summed E-state index contributed by atoms with van der Waals surface area (Å²) in [6.45, 7) is 7.37. The number of hydrogen-bond donors (Lipinski definition) is 2. The third kappa shape index (κ3) is 3.92. The zero-order chi connectivity index (χ0) is 20.6. The lowest BCUT2D eigenvalue weighted by atomic mass is 9.82. The molecule has 0 radical (unpaired) electrons. The number of aromatic amines is 1. The quantitative estimate of drug-likeness (QED) is 0.708. The van der Waals surface area contributed by atoms with Crippen LogP contribution in [0.1, 0.15) is 47.3 Å². The lowest BCUT2D eigenvalue weighted by Gasteiger charge is -2.39. The zero-order valence-corrected chi connectivity index (χ0v) is 17.5. The zero-order valence-electron chi connectivity index (χ0n) is 17.5. The largest absolute Gasteiger partial charge is 0.385 e. The van der Waals surface area contributed by atoms with Crippen LogP contribution in [-0.2, 0) is 16.8 Å². The van der Waals surface area contributed by atoms with Crippen molar-refractivity contribution in [2.45, 2.75) is 52.1 Å². The molecule has 0 bridgehead atoms. The molecule has 2 N–H and O–H groups in total. The van der Waals surface area contributed by atoms with Crippen LogP contribution in [0.5, 0.6) is 0 Å². The number of carbonyl (C=O) groups excluding carboxylic acids is 1. The monoisotopic (exact) mass is 391 g/mol. The SMILES string of the molecule is Cc1cc2nc(CCC(=O)N3CCC(O)(c4ccccc4C)CC3)[nH]c2cc1C. The highest BCUT2D eigenvalue weighted by molar-refractivity contribution is 5.78. The molecule has 29 heavy (non-hydrogen) atoms. The second-order valence-electron chi connectivity index (χ2n) is 8.36. The number of nitrogens with zero attached hydrogens (tertiary/aromatic N) is 2. The summed E-state index contributed by atoms with van der Waals surface area (Å²) in [5.41, 5.74) is 5.69. The normalized spacial score (nSPS) is 16.3. The van der Waals surface area contributed by atoms with E-state index in [1.165, 1.54) is 11.1 Å². The number of aromatic nitrogens is 2. The predicted octanol–water partition coefficient (Wildman–Crippen LogP) is 3.93. The number of piperidine rings is 1. The van der Waals surface area contributed by atoms with Crippen molar-refractivity contribution in [1.82, 2.24) is 14.9 Å². The Labute approximate surface area is 171 Å². The van der Waals surface area contributed by atoms with Gasteiger partial charge in [0.2, 0.25) is 5.91 Å². The van der Waals surface area contributed by atoms with Crippen LogP contribution in [0.25, 0.3) is 11.0 Å². The minimum atomic E-state index is -0.837. The van der Waals surface area contributed by atoms with Crippen molar-refractivity contribution < 1.29 is 9.90 Å². The maximum Gasteiger partial charge on any atom is 0.223 e. The number of fused-ring (bicyclic) bond motifs is 1. The standard InChI is InChI=1S/C24H29N3O2/c1-16-6-4-5-7-19(16)24(29)10-12-27(13-11-24)23(28)9-8-22-25-20-14-17(2)18(3)15-21(20)26-22/h4-7,14-15,29H,8-13H2,1-3H3,(H,25,26). The van der Waals surface area contributed by atoms with E-state index in [1.54, 1.807) is 0 Å². The number of benzene rings is 2. The lowest BCUT2D eigenvalue weighted by Crippen LogP contribution is -2.45. The second kappa shape index (κ2) is 7.64. The number of likely N-dealkylation sites (tertiary alicyclic amines) is 1. The summed E-state index contributed by atoms with van der Waals surface area (Å²) >= 11 is 0. The van der Waals surface area contributed by atoms with Gasteiger partial charge in [0.15, 0.2) is 0 Å². The molecule has 0 aliphatic carbocycles. The van der Waals surface area contributed by atoms with Crippen LogP contribution in [-0.4, -0.2) is 39.0 Å². The number of aliphatic hydroxyl groups is 1. The average Bonchev–Trinajstić information content (AvgIpc) is 3.09. The van der Waals surface area contributed by atoms with Gasteiger partial charge in [0.05, 0.1) is 16.6 Å². The molecule has 2 heterocycles. The summed E-state index contributed by atoms with van der Waals surface area (Å²) < 4.78 is 0. The number of carbonyl (C=O) groups is 1. The predicted molar refractivity (Wildman–Crippen MR) is 115 cm³/mol.